The van der Waals surface area contributed by atoms with Gasteiger partial charge in [0.15, 0.2) is 5.03 Å². The smallest absolute Gasteiger partial charge is 0.260 e. The molecule has 0 radical (unpaired) electrons. The van der Waals surface area contributed by atoms with Gasteiger partial charge in [-0.25, -0.2) is 8.42 Å². The molecule has 1 saturated heterocycles. The molecule has 8 heteroatoms. The lowest BCUT2D eigenvalue weighted by molar-refractivity contribution is -0.121. The third kappa shape index (κ3) is 2.46. The van der Waals surface area contributed by atoms with E-state index >= 15 is 0 Å². The number of sulfonamides is 1. The standard InChI is InChI=1S/C19H24N4O3S/c1-4-7-16-19(14-8-5-6-9-15(14)20-18(19)24)10-11-23(16)27(25,26)17-12-13(2)21-22(17)3/h5-6,8-9,12,16H,4,7,10-11H2,1-3H3,(H,20,24)/t16-,19+/m0/s1. The predicted octanol–water partition coefficient (Wildman–Crippen LogP) is 2.18. The number of nitrogens with zero attached hydrogens (tertiary/aromatic N) is 3. The van der Waals surface area contributed by atoms with Crippen molar-refractivity contribution in [3.63, 3.8) is 0 Å². The molecule has 2 atom stereocenters. The largest absolute Gasteiger partial charge is 0.325 e. The second-order valence-electron chi connectivity index (χ2n) is 7.39. The SMILES string of the molecule is CCC[C@@H]1N(S(=O)(=O)c2cc(C)nn2C)CC[C@]12C(=O)Nc1ccccc12. The zero-order valence-electron chi connectivity index (χ0n) is 15.8. The number of anilines is 1. The van der Waals surface area contributed by atoms with Gasteiger partial charge in [0.2, 0.25) is 5.91 Å². The van der Waals surface area contributed by atoms with Crippen LogP contribution in [0.5, 0.6) is 0 Å². The lowest BCUT2D eigenvalue weighted by atomic mass is 9.74. The monoisotopic (exact) mass is 388 g/mol. The van der Waals surface area contributed by atoms with E-state index in [9.17, 15) is 13.2 Å². The molecule has 1 amide bonds. The van der Waals surface area contributed by atoms with E-state index in [2.05, 4.69) is 10.4 Å². The summed E-state index contributed by atoms with van der Waals surface area (Å²) in [6.07, 6.45) is 1.90. The van der Waals surface area contributed by atoms with Crippen LogP contribution in [0.25, 0.3) is 0 Å². The van der Waals surface area contributed by atoms with Gasteiger partial charge in [-0.2, -0.15) is 9.40 Å². The Labute approximate surface area is 159 Å². The highest BCUT2D eigenvalue weighted by molar-refractivity contribution is 7.89. The van der Waals surface area contributed by atoms with Crippen LogP contribution in [0.1, 0.15) is 37.4 Å². The molecule has 2 aliphatic rings. The van der Waals surface area contributed by atoms with E-state index in [1.54, 1.807) is 20.0 Å². The summed E-state index contributed by atoms with van der Waals surface area (Å²) in [4.78, 5) is 13.1. The molecule has 7 nitrogen and oxygen atoms in total. The molecule has 4 rings (SSSR count). The van der Waals surface area contributed by atoms with Crippen molar-refractivity contribution < 1.29 is 13.2 Å². The van der Waals surface area contributed by atoms with Crippen molar-refractivity contribution in [3.8, 4) is 0 Å². The molecule has 2 aliphatic heterocycles. The average Bonchev–Trinajstić information content (AvgIpc) is 3.25. The van der Waals surface area contributed by atoms with Crippen LogP contribution in [-0.2, 0) is 27.3 Å². The van der Waals surface area contributed by atoms with E-state index in [1.165, 1.54) is 8.99 Å². The van der Waals surface area contributed by atoms with Gasteiger partial charge >= 0.3 is 0 Å². The molecule has 0 saturated carbocycles. The fourth-order valence-corrected chi connectivity index (χ4v) is 6.56. The number of hydrogen-bond donors (Lipinski definition) is 1. The Morgan fingerprint density at radius 1 is 1.33 bits per heavy atom. The number of carbonyl (C=O) groups excluding carboxylic acids is 1. The zero-order chi connectivity index (χ0) is 19.4. The van der Waals surface area contributed by atoms with Gasteiger partial charge in [-0.15, -0.1) is 0 Å². The summed E-state index contributed by atoms with van der Waals surface area (Å²) in [7, 11) is -2.12. The number of rotatable bonds is 4. The van der Waals surface area contributed by atoms with E-state index in [-0.39, 0.29) is 10.9 Å². The number of aryl methyl sites for hydroxylation is 2. The fraction of sp³-hybridized carbons (Fsp3) is 0.474. The van der Waals surface area contributed by atoms with Gasteiger partial charge in [-0.1, -0.05) is 31.5 Å². The van der Waals surface area contributed by atoms with Crippen molar-refractivity contribution in [2.75, 3.05) is 11.9 Å². The normalized spacial score (nSPS) is 25.1. The predicted molar refractivity (Wildman–Crippen MR) is 102 cm³/mol. The lowest BCUT2D eigenvalue weighted by Gasteiger charge is -2.33. The Hall–Kier alpha value is -2.19. The minimum Gasteiger partial charge on any atom is -0.325 e. The van der Waals surface area contributed by atoms with Crippen molar-refractivity contribution in [1.29, 1.82) is 0 Å². The quantitative estimate of drug-likeness (QED) is 0.870. The van der Waals surface area contributed by atoms with Gasteiger partial charge < -0.3 is 5.32 Å². The van der Waals surface area contributed by atoms with E-state index in [4.69, 9.17) is 0 Å². The van der Waals surface area contributed by atoms with Crippen LogP contribution < -0.4 is 5.32 Å². The summed E-state index contributed by atoms with van der Waals surface area (Å²) < 4.78 is 29.8. The fourth-order valence-electron chi connectivity index (χ4n) is 4.67. The molecular formula is C19H24N4O3S. The van der Waals surface area contributed by atoms with E-state index in [0.29, 0.717) is 25.1 Å². The van der Waals surface area contributed by atoms with Crippen LogP contribution in [0.3, 0.4) is 0 Å². The van der Waals surface area contributed by atoms with Crippen LogP contribution in [0.2, 0.25) is 0 Å². The third-order valence-corrected chi connectivity index (χ3v) is 7.76. The third-order valence-electron chi connectivity index (χ3n) is 5.80. The van der Waals surface area contributed by atoms with Gasteiger partial charge in [0.25, 0.3) is 10.0 Å². The maximum atomic E-state index is 13.4. The van der Waals surface area contributed by atoms with Gasteiger partial charge in [0, 0.05) is 25.3 Å². The molecule has 1 aromatic heterocycles. The number of amides is 1. The van der Waals surface area contributed by atoms with E-state index < -0.39 is 21.5 Å². The maximum Gasteiger partial charge on any atom is 0.260 e. The molecule has 0 unspecified atom stereocenters. The molecule has 2 aromatic rings. The lowest BCUT2D eigenvalue weighted by Crippen LogP contribution is -2.48. The van der Waals surface area contributed by atoms with Crippen molar-refractivity contribution in [3.05, 3.63) is 41.6 Å². The van der Waals surface area contributed by atoms with Crippen LogP contribution in [0.4, 0.5) is 5.69 Å². The van der Waals surface area contributed by atoms with Crippen molar-refractivity contribution in [1.82, 2.24) is 14.1 Å². The van der Waals surface area contributed by atoms with Crippen LogP contribution >= 0.6 is 0 Å². The van der Waals surface area contributed by atoms with Crippen molar-refractivity contribution in [2.24, 2.45) is 7.05 Å². The molecule has 1 fully saturated rings. The molecule has 1 spiro atoms. The van der Waals surface area contributed by atoms with Gasteiger partial charge in [0.05, 0.1) is 11.1 Å². The number of nitrogens with one attached hydrogen (secondary N) is 1. The Morgan fingerprint density at radius 3 is 2.74 bits per heavy atom. The molecule has 3 heterocycles. The first-order valence-electron chi connectivity index (χ1n) is 9.26. The van der Waals surface area contributed by atoms with E-state index in [0.717, 1.165) is 17.7 Å². The summed E-state index contributed by atoms with van der Waals surface area (Å²) in [5.74, 6) is -0.0963. The molecule has 144 valence electrons. The molecule has 1 N–H and O–H groups in total. The molecule has 27 heavy (non-hydrogen) atoms. The number of fused-ring (bicyclic) bond motifs is 2. The van der Waals surface area contributed by atoms with Crippen molar-refractivity contribution >= 4 is 21.6 Å². The maximum absolute atomic E-state index is 13.4. The Bertz CT molecular complexity index is 1010. The van der Waals surface area contributed by atoms with Gasteiger partial charge in [0.1, 0.15) is 0 Å². The first kappa shape index (κ1) is 18.2. The Balaban J connectivity index is 1.84. The second-order valence-corrected chi connectivity index (χ2v) is 9.23. The number of aromatic nitrogens is 2. The molecule has 0 aliphatic carbocycles. The van der Waals surface area contributed by atoms with Crippen LogP contribution in [0, 0.1) is 6.92 Å². The minimum absolute atomic E-state index is 0.0963. The summed E-state index contributed by atoms with van der Waals surface area (Å²) in [5, 5.41) is 7.33. The first-order chi connectivity index (χ1) is 12.8. The van der Waals surface area contributed by atoms with Crippen LogP contribution in [-0.4, -0.2) is 41.0 Å². The Morgan fingerprint density at radius 2 is 2.07 bits per heavy atom. The van der Waals surface area contributed by atoms with Crippen molar-refractivity contribution in [2.45, 2.75) is 49.6 Å². The van der Waals surface area contributed by atoms with Gasteiger partial charge in [-0.05, 0) is 37.5 Å². The summed E-state index contributed by atoms with van der Waals surface area (Å²) in [5.41, 5.74) is 1.53. The Kier molecular flexibility index (Phi) is 4.16. The summed E-state index contributed by atoms with van der Waals surface area (Å²) >= 11 is 0. The molecule has 0 bridgehead atoms. The summed E-state index contributed by atoms with van der Waals surface area (Å²) in [6.45, 7) is 4.11. The molecule has 1 aromatic carbocycles. The minimum atomic E-state index is -3.76. The zero-order valence-corrected chi connectivity index (χ0v) is 16.6. The number of hydrogen-bond acceptors (Lipinski definition) is 4. The van der Waals surface area contributed by atoms with Gasteiger partial charge in [-0.3, -0.25) is 9.48 Å². The number of para-hydroxylation sites is 1. The molecular weight excluding hydrogens is 364 g/mol. The summed E-state index contributed by atoms with van der Waals surface area (Å²) in [6, 6.07) is 8.80. The highest BCUT2D eigenvalue weighted by Crippen LogP contribution is 2.50. The highest BCUT2D eigenvalue weighted by atomic mass is 32.2. The topological polar surface area (TPSA) is 84.3 Å². The average molecular weight is 388 g/mol. The first-order valence-corrected chi connectivity index (χ1v) is 10.7. The highest BCUT2D eigenvalue weighted by Gasteiger charge is 2.59. The van der Waals surface area contributed by atoms with Crippen LogP contribution in [0.15, 0.2) is 35.4 Å². The number of carbonyl (C=O) groups is 1. The number of benzene rings is 1. The van der Waals surface area contributed by atoms with E-state index in [1.807, 2.05) is 31.2 Å². The second kappa shape index (κ2) is 6.17.